The summed E-state index contributed by atoms with van der Waals surface area (Å²) in [6.45, 7) is 2.12. The first-order valence-electron chi connectivity index (χ1n) is 8.11. The van der Waals surface area contributed by atoms with E-state index in [0.29, 0.717) is 17.2 Å². The van der Waals surface area contributed by atoms with Crippen LogP contribution in [0.25, 0.3) is 11.7 Å². The lowest BCUT2D eigenvalue weighted by molar-refractivity contribution is -0.139. The number of nitrogens with zero attached hydrogens (tertiary/aromatic N) is 2. The molecular formula is C20H20N2O4. The Bertz CT molecular complexity index is 960. The van der Waals surface area contributed by atoms with Gasteiger partial charge in [-0.2, -0.15) is 0 Å². The van der Waals surface area contributed by atoms with Gasteiger partial charge in [0.15, 0.2) is 11.5 Å². The zero-order chi connectivity index (χ0) is 18.5. The molecule has 0 saturated heterocycles. The number of ether oxygens (including phenoxy) is 3. The number of rotatable bonds is 6. The first kappa shape index (κ1) is 17.5. The molecule has 3 aromatic rings. The summed E-state index contributed by atoms with van der Waals surface area (Å²) in [5, 5.41) is 0. The Morgan fingerprint density at radius 2 is 2.00 bits per heavy atom. The Morgan fingerprint density at radius 1 is 1.15 bits per heavy atom. The number of carbonyl (C=O) groups excluding carboxylic acids is 1. The van der Waals surface area contributed by atoms with Gasteiger partial charge in [-0.05, 0) is 30.7 Å². The van der Waals surface area contributed by atoms with Crippen molar-refractivity contribution >= 4 is 17.7 Å². The number of esters is 1. The Balaban J connectivity index is 1.66. The lowest BCUT2D eigenvalue weighted by atomic mass is 10.1. The summed E-state index contributed by atoms with van der Waals surface area (Å²) in [5.74, 6) is 0.709. The van der Waals surface area contributed by atoms with Crippen LogP contribution in [0, 0.1) is 6.92 Å². The highest BCUT2D eigenvalue weighted by Gasteiger charge is 2.08. The van der Waals surface area contributed by atoms with E-state index in [9.17, 15) is 4.79 Å². The highest BCUT2D eigenvalue weighted by Crippen LogP contribution is 2.31. The zero-order valence-electron chi connectivity index (χ0n) is 14.9. The number of aromatic nitrogens is 2. The zero-order valence-corrected chi connectivity index (χ0v) is 14.9. The van der Waals surface area contributed by atoms with E-state index in [-0.39, 0.29) is 6.61 Å². The summed E-state index contributed by atoms with van der Waals surface area (Å²) < 4.78 is 17.7. The van der Waals surface area contributed by atoms with Crippen LogP contribution in [0.2, 0.25) is 0 Å². The van der Waals surface area contributed by atoms with E-state index in [0.717, 1.165) is 16.8 Å². The minimum absolute atomic E-state index is 0.110. The van der Waals surface area contributed by atoms with Crippen LogP contribution in [0.15, 0.2) is 48.8 Å². The van der Waals surface area contributed by atoms with Gasteiger partial charge in [0.25, 0.3) is 0 Å². The molecule has 0 spiro atoms. The van der Waals surface area contributed by atoms with Crippen molar-refractivity contribution in [3.8, 4) is 11.5 Å². The Morgan fingerprint density at radius 3 is 2.77 bits per heavy atom. The van der Waals surface area contributed by atoms with E-state index in [1.54, 1.807) is 26.4 Å². The van der Waals surface area contributed by atoms with Crippen LogP contribution < -0.4 is 9.47 Å². The fourth-order valence-electron chi connectivity index (χ4n) is 2.62. The smallest absolute Gasteiger partial charge is 0.331 e. The predicted molar refractivity (Wildman–Crippen MR) is 98.3 cm³/mol. The average molecular weight is 352 g/mol. The van der Waals surface area contributed by atoms with Crippen LogP contribution >= 0.6 is 0 Å². The number of carbonyl (C=O) groups is 1. The summed E-state index contributed by atoms with van der Waals surface area (Å²) in [7, 11) is 3.12. The van der Waals surface area contributed by atoms with Crippen LogP contribution in [-0.2, 0) is 16.1 Å². The maximum Gasteiger partial charge on any atom is 0.331 e. The summed E-state index contributed by atoms with van der Waals surface area (Å²) in [4.78, 5) is 16.4. The van der Waals surface area contributed by atoms with Crippen LogP contribution in [0.4, 0.5) is 0 Å². The molecule has 0 N–H and O–H groups in total. The molecule has 0 fully saturated rings. The molecule has 0 aliphatic heterocycles. The molecule has 0 unspecified atom stereocenters. The van der Waals surface area contributed by atoms with Crippen molar-refractivity contribution in [1.29, 1.82) is 0 Å². The Labute approximate surface area is 151 Å². The number of benzene rings is 1. The molecule has 0 aliphatic carbocycles. The first-order valence-corrected chi connectivity index (χ1v) is 8.11. The monoisotopic (exact) mass is 352 g/mol. The van der Waals surface area contributed by atoms with Gasteiger partial charge in [-0.3, -0.25) is 0 Å². The van der Waals surface area contributed by atoms with E-state index in [2.05, 4.69) is 4.98 Å². The normalized spacial score (nSPS) is 11.0. The summed E-state index contributed by atoms with van der Waals surface area (Å²) >= 11 is 0. The summed E-state index contributed by atoms with van der Waals surface area (Å²) in [6, 6.07) is 9.36. The number of hydrogen-bond donors (Lipinski definition) is 0. The predicted octanol–water partition coefficient (Wildman–Crippen LogP) is 3.42. The number of fused-ring (bicyclic) bond motifs is 1. The second kappa shape index (κ2) is 7.74. The standard InChI is InChI=1S/C20H20N2O4/c1-14-7-9-18-21-16(12-22(18)11-14)13-26-19(23)10-8-15-5-4-6-17(24-2)20(15)25-3/h4-12H,13H2,1-3H3. The van der Waals surface area contributed by atoms with Crippen LogP contribution in [0.5, 0.6) is 11.5 Å². The topological polar surface area (TPSA) is 62.1 Å². The third-order valence-corrected chi connectivity index (χ3v) is 3.84. The van der Waals surface area contributed by atoms with Crippen molar-refractivity contribution < 1.29 is 19.0 Å². The van der Waals surface area contributed by atoms with E-state index >= 15 is 0 Å². The SMILES string of the molecule is COc1cccc(C=CC(=O)OCc2cn3cc(C)ccc3n2)c1OC. The lowest BCUT2D eigenvalue weighted by Crippen LogP contribution is -2.01. The second-order valence-corrected chi connectivity index (χ2v) is 5.73. The van der Waals surface area contributed by atoms with Gasteiger partial charge < -0.3 is 18.6 Å². The quantitative estimate of drug-likeness (QED) is 0.502. The number of pyridine rings is 1. The van der Waals surface area contributed by atoms with Gasteiger partial charge >= 0.3 is 5.97 Å². The maximum absolute atomic E-state index is 12.0. The fraction of sp³-hybridized carbons (Fsp3) is 0.200. The van der Waals surface area contributed by atoms with Crippen LogP contribution in [-0.4, -0.2) is 29.6 Å². The molecule has 26 heavy (non-hydrogen) atoms. The third-order valence-electron chi connectivity index (χ3n) is 3.84. The van der Waals surface area contributed by atoms with Gasteiger partial charge in [-0.15, -0.1) is 0 Å². The molecule has 0 aliphatic rings. The van der Waals surface area contributed by atoms with E-state index in [1.165, 1.54) is 6.08 Å². The third kappa shape index (κ3) is 3.85. The molecule has 0 saturated carbocycles. The van der Waals surface area contributed by atoms with E-state index in [4.69, 9.17) is 14.2 Å². The molecule has 1 aromatic carbocycles. The van der Waals surface area contributed by atoms with Crippen LogP contribution in [0.3, 0.4) is 0 Å². The Kier molecular flexibility index (Phi) is 5.22. The number of aryl methyl sites for hydroxylation is 1. The highest BCUT2D eigenvalue weighted by molar-refractivity contribution is 5.87. The van der Waals surface area contributed by atoms with Gasteiger partial charge in [0.2, 0.25) is 0 Å². The molecule has 0 bridgehead atoms. The van der Waals surface area contributed by atoms with Crippen molar-refractivity contribution in [3.63, 3.8) is 0 Å². The van der Waals surface area contributed by atoms with Crippen LogP contribution in [0.1, 0.15) is 16.8 Å². The summed E-state index contributed by atoms with van der Waals surface area (Å²) in [5.41, 5.74) is 3.37. The van der Waals surface area contributed by atoms with E-state index < -0.39 is 5.97 Å². The second-order valence-electron chi connectivity index (χ2n) is 5.73. The molecule has 0 radical (unpaired) electrons. The number of hydrogen-bond acceptors (Lipinski definition) is 5. The van der Waals surface area contributed by atoms with E-state index in [1.807, 2.05) is 48.0 Å². The number of methoxy groups -OCH3 is 2. The largest absolute Gasteiger partial charge is 0.493 e. The number of imidazole rings is 1. The molecule has 0 amide bonds. The average Bonchev–Trinajstić information content (AvgIpc) is 3.06. The van der Waals surface area contributed by atoms with Crippen molar-refractivity contribution in [1.82, 2.24) is 9.38 Å². The van der Waals surface area contributed by atoms with Gasteiger partial charge in [0.05, 0.1) is 19.9 Å². The minimum Gasteiger partial charge on any atom is -0.493 e. The van der Waals surface area contributed by atoms with Crippen molar-refractivity contribution in [2.75, 3.05) is 14.2 Å². The molecular weight excluding hydrogens is 332 g/mol. The first-order chi connectivity index (χ1) is 12.6. The van der Waals surface area contributed by atoms with Gasteiger partial charge in [0.1, 0.15) is 12.3 Å². The maximum atomic E-state index is 12.0. The van der Waals surface area contributed by atoms with Crippen molar-refractivity contribution in [3.05, 3.63) is 65.6 Å². The molecule has 3 rings (SSSR count). The van der Waals surface area contributed by atoms with Gasteiger partial charge in [0, 0.05) is 24.0 Å². The minimum atomic E-state index is -0.455. The molecule has 6 heteroatoms. The van der Waals surface area contributed by atoms with Crippen molar-refractivity contribution in [2.45, 2.75) is 13.5 Å². The van der Waals surface area contributed by atoms with Gasteiger partial charge in [-0.25, -0.2) is 9.78 Å². The molecule has 0 atom stereocenters. The van der Waals surface area contributed by atoms with Gasteiger partial charge in [-0.1, -0.05) is 18.2 Å². The molecule has 2 aromatic heterocycles. The molecule has 134 valence electrons. The molecule has 2 heterocycles. The lowest BCUT2D eigenvalue weighted by Gasteiger charge is -2.09. The summed E-state index contributed by atoms with van der Waals surface area (Å²) in [6.07, 6.45) is 6.82. The molecule has 6 nitrogen and oxygen atoms in total. The van der Waals surface area contributed by atoms with Crippen molar-refractivity contribution in [2.24, 2.45) is 0 Å². The fourth-order valence-corrected chi connectivity index (χ4v) is 2.62. The Hall–Kier alpha value is -3.28. The highest BCUT2D eigenvalue weighted by atomic mass is 16.5. The number of para-hydroxylation sites is 1.